The second-order valence-corrected chi connectivity index (χ2v) is 6.92. The summed E-state index contributed by atoms with van der Waals surface area (Å²) in [6.45, 7) is 4.37. The van der Waals surface area contributed by atoms with E-state index in [1.807, 2.05) is 74.5 Å². The summed E-state index contributed by atoms with van der Waals surface area (Å²) in [4.78, 5) is 12.6. The lowest BCUT2D eigenvalue weighted by Crippen LogP contribution is -2.26. The van der Waals surface area contributed by atoms with Crippen molar-refractivity contribution < 1.29 is 9.53 Å². The van der Waals surface area contributed by atoms with Gasteiger partial charge in [-0.15, -0.1) is 0 Å². The van der Waals surface area contributed by atoms with Crippen molar-refractivity contribution in [3.05, 3.63) is 100 Å². The SMILES string of the molecule is Cc1ccc(C(C)NC(=O)c2cccc(OCc3ccccc3Cl)c2)cc1. The Bertz CT molecular complexity index is 922. The van der Waals surface area contributed by atoms with Gasteiger partial charge in [-0.25, -0.2) is 0 Å². The molecule has 3 rings (SSSR count). The van der Waals surface area contributed by atoms with Crippen LogP contribution in [0.3, 0.4) is 0 Å². The Balaban J connectivity index is 1.64. The molecule has 3 aromatic carbocycles. The highest BCUT2D eigenvalue weighted by Gasteiger charge is 2.12. The van der Waals surface area contributed by atoms with Crippen molar-refractivity contribution in [2.75, 3.05) is 0 Å². The Morgan fingerprint density at radius 2 is 1.78 bits per heavy atom. The molecule has 3 nitrogen and oxygen atoms in total. The predicted octanol–water partition coefficient (Wildman–Crippen LogP) is 5.72. The third kappa shape index (κ3) is 5.11. The standard InChI is InChI=1S/C23H22ClNO2/c1-16-10-12-18(13-11-16)17(2)25-23(26)19-7-5-8-21(14-19)27-15-20-6-3-4-9-22(20)24/h3-14,17H,15H2,1-2H3,(H,25,26). The second kappa shape index (κ2) is 8.74. The molecule has 0 spiro atoms. The predicted molar refractivity (Wildman–Crippen MR) is 109 cm³/mol. The van der Waals surface area contributed by atoms with Crippen LogP contribution in [0.5, 0.6) is 5.75 Å². The minimum Gasteiger partial charge on any atom is -0.489 e. The summed E-state index contributed by atoms with van der Waals surface area (Å²) >= 11 is 6.15. The Morgan fingerprint density at radius 3 is 2.52 bits per heavy atom. The maximum absolute atomic E-state index is 12.6. The molecule has 0 aliphatic carbocycles. The van der Waals surface area contributed by atoms with Crippen molar-refractivity contribution in [1.82, 2.24) is 5.32 Å². The first kappa shape index (κ1) is 19.0. The van der Waals surface area contributed by atoms with Crippen LogP contribution in [0, 0.1) is 6.92 Å². The highest BCUT2D eigenvalue weighted by molar-refractivity contribution is 6.31. The third-order valence-electron chi connectivity index (χ3n) is 4.37. The molecule has 1 atom stereocenters. The molecule has 0 bridgehead atoms. The maximum Gasteiger partial charge on any atom is 0.251 e. The fourth-order valence-electron chi connectivity index (χ4n) is 2.72. The topological polar surface area (TPSA) is 38.3 Å². The van der Waals surface area contributed by atoms with Gasteiger partial charge >= 0.3 is 0 Å². The maximum atomic E-state index is 12.6. The summed E-state index contributed by atoms with van der Waals surface area (Å²) in [6, 6.07) is 22.8. The molecule has 0 aliphatic heterocycles. The molecule has 0 heterocycles. The molecule has 0 radical (unpaired) electrons. The largest absolute Gasteiger partial charge is 0.489 e. The van der Waals surface area contributed by atoms with Crippen LogP contribution in [0.25, 0.3) is 0 Å². The molecule has 1 amide bonds. The Morgan fingerprint density at radius 1 is 1.04 bits per heavy atom. The van der Waals surface area contributed by atoms with E-state index in [0.29, 0.717) is 22.9 Å². The minimum absolute atomic E-state index is 0.0780. The second-order valence-electron chi connectivity index (χ2n) is 6.51. The van der Waals surface area contributed by atoms with E-state index in [9.17, 15) is 4.79 Å². The molecular formula is C23H22ClNO2. The van der Waals surface area contributed by atoms with E-state index in [-0.39, 0.29) is 11.9 Å². The lowest BCUT2D eigenvalue weighted by molar-refractivity contribution is 0.0939. The summed E-state index contributed by atoms with van der Waals surface area (Å²) in [5.41, 5.74) is 3.73. The van der Waals surface area contributed by atoms with Crippen LogP contribution in [0.4, 0.5) is 0 Å². The fourth-order valence-corrected chi connectivity index (χ4v) is 2.91. The van der Waals surface area contributed by atoms with Gasteiger partial charge in [0, 0.05) is 16.1 Å². The summed E-state index contributed by atoms with van der Waals surface area (Å²) in [5, 5.41) is 3.69. The van der Waals surface area contributed by atoms with Crippen molar-refractivity contribution >= 4 is 17.5 Å². The van der Waals surface area contributed by atoms with Gasteiger partial charge in [0.2, 0.25) is 0 Å². The van der Waals surface area contributed by atoms with E-state index < -0.39 is 0 Å². The average Bonchev–Trinajstić information content (AvgIpc) is 2.68. The molecule has 27 heavy (non-hydrogen) atoms. The van der Waals surface area contributed by atoms with Crippen LogP contribution in [0.1, 0.15) is 40.0 Å². The van der Waals surface area contributed by atoms with Crippen LogP contribution in [-0.4, -0.2) is 5.91 Å². The number of hydrogen-bond acceptors (Lipinski definition) is 2. The van der Waals surface area contributed by atoms with Crippen LogP contribution in [0.15, 0.2) is 72.8 Å². The van der Waals surface area contributed by atoms with Gasteiger partial charge in [0.15, 0.2) is 0 Å². The summed E-state index contributed by atoms with van der Waals surface area (Å²) < 4.78 is 5.80. The van der Waals surface area contributed by atoms with E-state index in [0.717, 1.165) is 11.1 Å². The number of ether oxygens (including phenoxy) is 1. The van der Waals surface area contributed by atoms with Gasteiger partial charge in [0.1, 0.15) is 12.4 Å². The van der Waals surface area contributed by atoms with E-state index in [1.165, 1.54) is 5.56 Å². The van der Waals surface area contributed by atoms with Gasteiger partial charge in [-0.2, -0.15) is 0 Å². The molecule has 0 saturated heterocycles. The first-order valence-corrected chi connectivity index (χ1v) is 9.24. The van der Waals surface area contributed by atoms with Crippen LogP contribution < -0.4 is 10.1 Å². The Kier molecular flexibility index (Phi) is 6.15. The van der Waals surface area contributed by atoms with Crippen LogP contribution in [-0.2, 0) is 6.61 Å². The number of halogens is 1. The van der Waals surface area contributed by atoms with E-state index in [1.54, 1.807) is 12.1 Å². The molecule has 138 valence electrons. The zero-order chi connectivity index (χ0) is 19.2. The van der Waals surface area contributed by atoms with Crippen molar-refractivity contribution in [3.8, 4) is 5.75 Å². The van der Waals surface area contributed by atoms with Crippen molar-refractivity contribution in [2.24, 2.45) is 0 Å². The van der Waals surface area contributed by atoms with Gasteiger partial charge in [-0.05, 0) is 43.7 Å². The van der Waals surface area contributed by atoms with E-state index in [4.69, 9.17) is 16.3 Å². The number of carbonyl (C=O) groups is 1. The van der Waals surface area contributed by atoms with Gasteiger partial charge in [-0.1, -0.05) is 65.7 Å². The smallest absolute Gasteiger partial charge is 0.251 e. The monoisotopic (exact) mass is 379 g/mol. The lowest BCUT2D eigenvalue weighted by atomic mass is 10.1. The number of rotatable bonds is 6. The Hall–Kier alpha value is -2.78. The van der Waals surface area contributed by atoms with Gasteiger partial charge in [0.25, 0.3) is 5.91 Å². The molecule has 0 aromatic heterocycles. The molecule has 4 heteroatoms. The average molecular weight is 380 g/mol. The highest BCUT2D eigenvalue weighted by atomic mass is 35.5. The number of benzene rings is 3. The van der Waals surface area contributed by atoms with Crippen molar-refractivity contribution in [2.45, 2.75) is 26.5 Å². The Labute approximate surface area is 164 Å². The molecule has 0 fully saturated rings. The molecule has 1 unspecified atom stereocenters. The van der Waals surface area contributed by atoms with Crippen LogP contribution >= 0.6 is 11.6 Å². The van der Waals surface area contributed by atoms with Crippen LogP contribution in [0.2, 0.25) is 5.02 Å². The van der Waals surface area contributed by atoms with Gasteiger partial charge in [-0.3, -0.25) is 4.79 Å². The van der Waals surface area contributed by atoms with Gasteiger partial charge in [0.05, 0.1) is 6.04 Å². The molecular weight excluding hydrogens is 358 g/mol. The number of nitrogens with one attached hydrogen (secondary N) is 1. The number of amides is 1. The molecule has 3 aromatic rings. The fraction of sp³-hybridized carbons (Fsp3) is 0.174. The first-order chi connectivity index (χ1) is 13.0. The van der Waals surface area contributed by atoms with Crippen molar-refractivity contribution in [1.29, 1.82) is 0 Å². The van der Waals surface area contributed by atoms with Gasteiger partial charge < -0.3 is 10.1 Å². The van der Waals surface area contributed by atoms with E-state index >= 15 is 0 Å². The van der Waals surface area contributed by atoms with Crippen molar-refractivity contribution in [3.63, 3.8) is 0 Å². The summed E-state index contributed by atoms with van der Waals surface area (Å²) in [5.74, 6) is 0.497. The summed E-state index contributed by atoms with van der Waals surface area (Å²) in [6.07, 6.45) is 0. The molecule has 0 aliphatic rings. The normalized spacial score (nSPS) is 11.7. The molecule has 1 N–H and O–H groups in total. The zero-order valence-corrected chi connectivity index (χ0v) is 16.2. The van der Waals surface area contributed by atoms with E-state index in [2.05, 4.69) is 5.32 Å². The highest BCUT2D eigenvalue weighted by Crippen LogP contribution is 2.20. The number of carbonyl (C=O) groups excluding carboxylic acids is 1. The number of hydrogen-bond donors (Lipinski definition) is 1. The minimum atomic E-state index is -0.133. The first-order valence-electron chi connectivity index (χ1n) is 8.86. The number of aryl methyl sites for hydroxylation is 1. The molecule has 0 saturated carbocycles. The quantitative estimate of drug-likeness (QED) is 0.595. The zero-order valence-electron chi connectivity index (χ0n) is 15.4. The summed E-state index contributed by atoms with van der Waals surface area (Å²) in [7, 11) is 0. The third-order valence-corrected chi connectivity index (χ3v) is 4.74. The lowest BCUT2D eigenvalue weighted by Gasteiger charge is -2.15.